The highest BCUT2D eigenvalue weighted by Crippen LogP contribution is 2.29. The van der Waals surface area contributed by atoms with Crippen LogP contribution in [0.25, 0.3) is 0 Å². The lowest BCUT2D eigenvalue weighted by atomic mass is 10.3. The van der Waals surface area contributed by atoms with Crippen LogP contribution in [-0.2, 0) is 16.1 Å². The van der Waals surface area contributed by atoms with Crippen LogP contribution in [0.4, 0.5) is 0 Å². The Kier molecular flexibility index (Phi) is 4.03. The van der Waals surface area contributed by atoms with Crippen LogP contribution in [0.3, 0.4) is 0 Å². The molecule has 6 heteroatoms. The van der Waals surface area contributed by atoms with Crippen molar-refractivity contribution in [3.63, 3.8) is 0 Å². The maximum atomic E-state index is 12.3. The summed E-state index contributed by atoms with van der Waals surface area (Å²) in [4.78, 5) is 28.9. The molecule has 108 valence electrons. The van der Waals surface area contributed by atoms with Crippen molar-refractivity contribution in [2.75, 3.05) is 26.2 Å². The number of carbonyl (C=O) groups is 2. The Morgan fingerprint density at radius 2 is 2.35 bits per heavy atom. The van der Waals surface area contributed by atoms with Gasteiger partial charge in [-0.05, 0) is 24.3 Å². The first-order valence-corrected chi connectivity index (χ1v) is 7.91. The number of piperazine rings is 1. The Morgan fingerprint density at radius 3 is 3.00 bits per heavy atom. The predicted octanol–water partition coefficient (Wildman–Crippen LogP) is 0.671. The van der Waals surface area contributed by atoms with Gasteiger partial charge in [0.15, 0.2) is 0 Å². The van der Waals surface area contributed by atoms with E-state index >= 15 is 0 Å². The Labute approximate surface area is 122 Å². The van der Waals surface area contributed by atoms with Crippen molar-refractivity contribution in [2.45, 2.75) is 25.4 Å². The summed E-state index contributed by atoms with van der Waals surface area (Å²) in [5.41, 5.74) is 0. The van der Waals surface area contributed by atoms with E-state index in [-0.39, 0.29) is 18.4 Å². The molecule has 0 radical (unpaired) electrons. The van der Waals surface area contributed by atoms with Crippen molar-refractivity contribution in [1.82, 2.24) is 15.1 Å². The fraction of sp³-hybridized carbons (Fsp3) is 0.571. The topological polar surface area (TPSA) is 52.7 Å². The third-order valence-corrected chi connectivity index (χ3v) is 4.59. The lowest BCUT2D eigenvalue weighted by Crippen LogP contribution is -2.52. The highest BCUT2D eigenvalue weighted by Gasteiger charge is 2.32. The fourth-order valence-corrected chi connectivity index (χ4v) is 3.21. The number of nitrogens with one attached hydrogen (secondary N) is 1. The maximum absolute atomic E-state index is 12.3. The van der Waals surface area contributed by atoms with Crippen molar-refractivity contribution in [1.29, 1.82) is 0 Å². The molecule has 1 saturated carbocycles. The van der Waals surface area contributed by atoms with Crippen LogP contribution in [0.1, 0.15) is 17.7 Å². The lowest BCUT2D eigenvalue weighted by Gasteiger charge is -2.29. The van der Waals surface area contributed by atoms with Gasteiger partial charge in [-0.3, -0.25) is 14.5 Å². The number of hydrogen-bond donors (Lipinski definition) is 1. The first-order valence-electron chi connectivity index (χ1n) is 7.03. The van der Waals surface area contributed by atoms with Gasteiger partial charge in [0.1, 0.15) is 0 Å². The maximum Gasteiger partial charge on any atom is 0.239 e. The van der Waals surface area contributed by atoms with E-state index in [0.717, 1.165) is 6.54 Å². The number of amides is 2. The van der Waals surface area contributed by atoms with Crippen LogP contribution in [0.5, 0.6) is 0 Å². The van der Waals surface area contributed by atoms with Crippen LogP contribution in [0.15, 0.2) is 17.5 Å². The SMILES string of the molecule is O=C1CN(C(=O)CN(Cc2cccs2)C2CC2)CCN1. The molecule has 0 bridgehead atoms. The molecule has 2 aliphatic rings. The average molecular weight is 293 g/mol. The summed E-state index contributed by atoms with van der Waals surface area (Å²) in [6.45, 7) is 2.67. The van der Waals surface area contributed by atoms with Gasteiger partial charge in [0.2, 0.25) is 11.8 Å². The molecule has 0 atom stereocenters. The average Bonchev–Trinajstić information content (AvgIpc) is 3.16. The van der Waals surface area contributed by atoms with Gasteiger partial charge in [0, 0.05) is 30.6 Å². The van der Waals surface area contributed by atoms with E-state index in [1.807, 2.05) is 6.07 Å². The van der Waals surface area contributed by atoms with E-state index in [0.29, 0.717) is 25.7 Å². The molecule has 1 aliphatic carbocycles. The molecule has 2 amide bonds. The third-order valence-electron chi connectivity index (χ3n) is 3.73. The molecule has 5 nitrogen and oxygen atoms in total. The molecule has 2 heterocycles. The normalized spacial score (nSPS) is 19.2. The summed E-state index contributed by atoms with van der Waals surface area (Å²) in [6, 6.07) is 4.69. The zero-order valence-corrected chi connectivity index (χ0v) is 12.2. The van der Waals surface area contributed by atoms with Gasteiger partial charge in [-0.2, -0.15) is 0 Å². The molecule has 0 unspecified atom stereocenters. The second-order valence-electron chi connectivity index (χ2n) is 5.38. The van der Waals surface area contributed by atoms with Crippen molar-refractivity contribution in [2.24, 2.45) is 0 Å². The summed E-state index contributed by atoms with van der Waals surface area (Å²) in [5.74, 6) is 0.0177. The van der Waals surface area contributed by atoms with Gasteiger partial charge in [-0.1, -0.05) is 6.07 Å². The number of carbonyl (C=O) groups excluding carboxylic acids is 2. The van der Waals surface area contributed by atoms with Gasteiger partial charge in [-0.25, -0.2) is 0 Å². The van der Waals surface area contributed by atoms with Crippen LogP contribution >= 0.6 is 11.3 Å². The first kappa shape index (κ1) is 13.6. The number of hydrogen-bond acceptors (Lipinski definition) is 4. The van der Waals surface area contributed by atoms with Crippen molar-refractivity contribution in [3.05, 3.63) is 22.4 Å². The van der Waals surface area contributed by atoms with Gasteiger partial charge in [0.25, 0.3) is 0 Å². The van der Waals surface area contributed by atoms with Crippen LogP contribution in [0, 0.1) is 0 Å². The lowest BCUT2D eigenvalue weighted by molar-refractivity contribution is -0.139. The largest absolute Gasteiger partial charge is 0.353 e. The Hall–Kier alpha value is -1.40. The zero-order valence-electron chi connectivity index (χ0n) is 11.4. The predicted molar refractivity (Wildman–Crippen MR) is 77.3 cm³/mol. The molecular formula is C14H19N3O2S. The second kappa shape index (κ2) is 5.93. The van der Waals surface area contributed by atoms with Crippen molar-refractivity contribution >= 4 is 23.2 Å². The molecule has 2 fully saturated rings. The minimum Gasteiger partial charge on any atom is -0.353 e. The van der Waals surface area contributed by atoms with E-state index in [2.05, 4.69) is 21.7 Å². The first-order chi connectivity index (χ1) is 9.72. The summed E-state index contributed by atoms with van der Waals surface area (Å²) in [5, 5.41) is 4.81. The number of thiophene rings is 1. The molecule has 0 spiro atoms. The molecular weight excluding hydrogens is 274 g/mol. The smallest absolute Gasteiger partial charge is 0.239 e. The van der Waals surface area contributed by atoms with E-state index in [9.17, 15) is 9.59 Å². The molecule has 1 aromatic heterocycles. The monoisotopic (exact) mass is 293 g/mol. The Balaban J connectivity index is 1.58. The minimum absolute atomic E-state index is 0.0548. The van der Waals surface area contributed by atoms with Gasteiger partial charge in [0.05, 0.1) is 13.1 Å². The van der Waals surface area contributed by atoms with Crippen LogP contribution < -0.4 is 5.32 Å². The molecule has 3 rings (SSSR count). The second-order valence-corrected chi connectivity index (χ2v) is 6.41. The van der Waals surface area contributed by atoms with Crippen molar-refractivity contribution in [3.8, 4) is 0 Å². The van der Waals surface area contributed by atoms with E-state index in [1.165, 1.54) is 17.7 Å². The summed E-state index contributed by atoms with van der Waals surface area (Å²) in [7, 11) is 0. The van der Waals surface area contributed by atoms with Crippen molar-refractivity contribution < 1.29 is 9.59 Å². The summed E-state index contributed by atoms with van der Waals surface area (Å²) < 4.78 is 0. The fourth-order valence-electron chi connectivity index (χ4n) is 2.48. The van der Waals surface area contributed by atoms with Gasteiger partial charge >= 0.3 is 0 Å². The van der Waals surface area contributed by atoms with E-state index < -0.39 is 0 Å². The summed E-state index contributed by atoms with van der Waals surface area (Å²) >= 11 is 1.73. The quantitative estimate of drug-likeness (QED) is 0.868. The molecule has 20 heavy (non-hydrogen) atoms. The third kappa shape index (κ3) is 3.37. The molecule has 1 saturated heterocycles. The van der Waals surface area contributed by atoms with Crippen LogP contribution in [-0.4, -0.2) is 53.8 Å². The zero-order chi connectivity index (χ0) is 13.9. The molecule has 1 aromatic rings. The molecule has 0 aromatic carbocycles. The Morgan fingerprint density at radius 1 is 1.50 bits per heavy atom. The summed E-state index contributed by atoms with van der Waals surface area (Å²) in [6.07, 6.45) is 2.36. The number of rotatable bonds is 5. The van der Waals surface area contributed by atoms with Gasteiger partial charge in [-0.15, -0.1) is 11.3 Å². The highest BCUT2D eigenvalue weighted by atomic mass is 32.1. The van der Waals surface area contributed by atoms with E-state index in [1.54, 1.807) is 16.2 Å². The number of nitrogens with zero attached hydrogens (tertiary/aromatic N) is 2. The van der Waals surface area contributed by atoms with Crippen LogP contribution in [0.2, 0.25) is 0 Å². The standard InChI is InChI=1S/C14H19N3O2S/c18-13-9-16(6-5-15-13)14(19)10-17(11-3-4-11)8-12-2-1-7-20-12/h1-2,7,11H,3-6,8-10H2,(H,15,18). The molecule has 1 aliphatic heterocycles. The highest BCUT2D eigenvalue weighted by molar-refractivity contribution is 7.09. The molecule has 1 N–H and O–H groups in total. The van der Waals surface area contributed by atoms with Gasteiger partial charge < -0.3 is 10.2 Å². The van der Waals surface area contributed by atoms with E-state index in [4.69, 9.17) is 0 Å². The Bertz CT molecular complexity index is 485. The minimum atomic E-state index is -0.0548.